The average Bonchev–Trinajstić information content (AvgIpc) is 3.32. The van der Waals surface area contributed by atoms with E-state index in [0.29, 0.717) is 39.1 Å². The average molecular weight is 494 g/mol. The van der Waals surface area contributed by atoms with Crippen molar-refractivity contribution in [2.45, 2.75) is 45.6 Å². The minimum atomic E-state index is -0.0482. The molecule has 194 valence electrons. The third-order valence-electron chi connectivity index (χ3n) is 6.41. The van der Waals surface area contributed by atoms with E-state index in [9.17, 15) is 9.59 Å². The Hall–Kier alpha value is -3.32. The van der Waals surface area contributed by atoms with Gasteiger partial charge in [-0.3, -0.25) is 9.59 Å². The standard InChI is InChI=1S/C29H39N3O4/c1-4-5-11-28(33)31(17-8-19-35-2)22-29(34)32(21-23-12-14-25(36-3)15-13-23)18-16-24-20-30-27-10-7-6-9-26(24)27/h6-7,9-10,12-15,20,30H,4-5,8,11,16-19,21-22H2,1-3H3. The quantitative estimate of drug-likeness (QED) is 0.309. The number of hydrogen-bond donors (Lipinski definition) is 1. The van der Waals surface area contributed by atoms with Crippen LogP contribution in [-0.4, -0.2) is 67.1 Å². The first-order valence-electron chi connectivity index (χ1n) is 12.8. The Morgan fingerprint density at radius 2 is 1.69 bits per heavy atom. The zero-order valence-electron chi connectivity index (χ0n) is 21.8. The van der Waals surface area contributed by atoms with E-state index in [1.807, 2.05) is 47.5 Å². The van der Waals surface area contributed by atoms with E-state index in [-0.39, 0.29) is 18.4 Å². The monoisotopic (exact) mass is 493 g/mol. The summed E-state index contributed by atoms with van der Waals surface area (Å²) in [6.07, 6.45) is 5.68. The van der Waals surface area contributed by atoms with Gasteiger partial charge in [0.2, 0.25) is 11.8 Å². The number of amides is 2. The molecule has 0 spiro atoms. The Morgan fingerprint density at radius 1 is 0.917 bits per heavy atom. The van der Waals surface area contributed by atoms with Crippen LogP contribution in [0.4, 0.5) is 0 Å². The van der Waals surface area contributed by atoms with Gasteiger partial charge >= 0.3 is 0 Å². The second-order valence-electron chi connectivity index (χ2n) is 9.04. The third kappa shape index (κ3) is 7.85. The lowest BCUT2D eigenvalue weighted by atomic mass is 10.1. The molecule has 2 aromatic carbocycles. The molecule has 0 atom stereocenters. The van der Waals surface area contributed by atoms with E-state index in [4.69, 9.17) is 9.47 Å². The number of carbonyl (C=O) groups is 2. The van der Waals surface area contributed by atoms with Gasteiger partial charge in [-0.1, -0.05) is 43.7 Å². The minimum absolute atomic E-state index is 0.0299. The topological polar surface area (TPSA) is 74.9 Å². The Labute approximate surface area is 214 Å². The summed E-state index contributed by atoms with van der Waals surface area (Å²) in [7, 11) is 3.29. The molecule has 0 unspecified atom stereocenters. The summed E-state index contributed by atoms with van der Waals surface area (Å²) in [5, 5.41) is 1.17. The molecule has 0 saturated heterocycles. The molecule has 1 aromatic heterocycles. The maximum absolute atomic E-state index is 13.6. The van der Waals surface area contributed by atoms with E-state index in [2.05, 4.69) is 24.0 Å². The maximum Gasteiger partial charge on any atom is 0.242 e. The Kier molecular flexibility index (Phi) is 10.8. The summed E-state index contributed by atoms with van der Waals surface area (Å²) in [4.78, 5) is 33.3. The van der Waals surface area contributed by atoms with Gasteiger partial charge in [-0.15, -0.1) is 0 Å². The van der Waals surface area contributed by atoms with Crippen molar-refractivity contribution in [1.29, 1.82) is 0 Å². The van der Waals surface area contributed by atoms with Crippen molar-refractivity contribution in [3.05, 3.63) is 65.9 Å². The number of fused-ring (bicyclic) bond motifs is 1. The van der Waals surface area contributed by atoms with E-state index in [1.165, 1.54) is 10.9 Å². The largest absolute Gasteiger partial charge is 0.497 e. The first-order chi connectivity index (χ1) is 17.5. The summed E-state index contributed by atoms with van der Waals surface area (Å²) in [6.45, 7) is 4.25. The second kappa shape index (κ2) is 14.3. The van der Waals surface area contributed by atoms with E-state index in [0.717, 1.165) is 36.1 Å². The molecule has 3 aromatic rings. The highest BCUT2D eigenvalue weighted by atomic mass is 16.5. The molecule has 0 aliphatic rings. The predicted molar refractivity (Wildman–Crippen MR) is 143 cm³/mol. The Bertz CT molecular complexity index is 1090. The number of benzene rings is 2. The number of unbranched alkanes of at least 4 members (excludes halogenated alkanes) is 1. The summed E-state index contributed by atoms with van der Waals surface area (Å²) < 4.78 is 10.5. The molecule has 7 nitrogen and oxygen atoms in total. The number of ether oxygens (including phenoxy) is 2. The van der Waals surface area contributed by atoms with Gasteiger partial charge in [-0.2, -0.15) is 0 Å². The molecule has 2 amide bonds. The van der Waals surface area contributed by atoms with Crippen LogP contribution in [0.1, 0.15) is 43.7 Å². The van der Waals surface area contributed by atoms with Crippen LogP contribution in [0.5, 0.6) is 5.75 Å². The van der Waals surface area contributed by atoms with Crippen LogP contribution in [0.2, 0.25) is 0 Å². The molecule has 0 fully saturated rings. The molecular weight excluding hydrogens is 454 g/mol. The Morgan fingerprint density at radius 3 is 2.42 bits per heavy atom. The van der Waals surface area contributed by atoms with Gasteiger partial charge < -0.3 is 24.3 Å². The number of H-pyrrole nitrogens is 1. The molecule has 0 saturated carbocycles. The minimum Gasteiger partial charge on any atom is -0.497 e. The fourth-order valence-electron chi connectivity index (χ4n) is 4.28. The number of aromatic nitrogens is 1. The predicted octanol–water partition coefficient (Wildman–Crippen LogP) is 4.80. The summed E-state index contributed by atoms with van der Waals surface area (Å²) in [5.74, 6) is 0.761. The third-order valence-corrected chi connectivity index (χ3v) is 6.41. The van der Waals surface area contributed by atoms with Gasteiger partial charge in [0.15, 0.2) is 0 Å². The number of para-hydroxylation sites is 1. The van der Waals surface area contributed by atoms with Crippen LogP contribution in [0.3, 0.4) is 0 Å². The van der Waals surface area contributed by atoms with Crippen LogP contribution in [0.15, 0.2) is 54.7 Å². The van der Waals surface area contributed by atoms with E-state index in [1.54, 1.807) is 19.1 Å². The molecule has 0 bridgehead atoms. The summed E-state index contributed by atoms with van der Waals surface area (Å²) >= 11 is 0. The van der Waals surface area contributed by atoms with Crippen molar-refractivity contribution in [2.75, 3.05) is 40.5 Å². The van der Waals surface area contributed by atoms with Crippen LogP contribution in [0.25, 0.3) is 10.9 Å². The first-order valence-corrected chi connectivity index (χ1v) is 12.8. The lowest BCUT2D eigenvalue weighted by Crippen LogP contribution is -2.44. The number of nitrogens with one attached hydrogen (secondary N) is 1. The summed E-state index contributed by atoms with van der Waals surface area (Å²) in [5.41, 5.74) is 3.28. The molecule has 36 heavy (non-hydrogen) atoms. The SMILES string of the molecule is CCCCC(=O)N(CCCOC)CC(=O)N(CCc1c[nH]c2ccccc12)Cc1ccc(OC)cc1. The molecule has 0 aliphatic carbocycles. The zero-order valence-corrected chi connectivity index (χ0v) is 21.8. The van der Waals surface area contributed by atoms with Crippen LogP contribution >= 0.6 is 0 Å². The van der Waals surface area contributed by atoms with E-state index >= 15 is 0 Å². The van der Waals surface area contributed by atoms with Gasteiger partial charge in [-0.05, 0) is 48.6 Å². The van der Waals surface area contributed by atoms with Crippen molar-refractivity contribution >= 4 is 22.7 Å². The van der Waals surface area contributed by atoms with Crippen molar-refractivity contribution in [1.82, 2.24) is 14.8 Å². The Balaban J connectivity index is 1.75. The lowest BCUT2D eigenvalue weighted by Gasteiger charge is -2.28. The van der Waals surface area contributed by atoms with Gasteiger partial charge in [0.05, 0.1) is 13.7 Å². The molecule has 0 radical (unpaired) electrons. The molecule has 3 rings (SSSR count). The molecule has 1 N–H and O–H groups in total. The summed E-state index contributed by atoms with van der Waals surface area (Å²) in [6, 6.07) is 16.0. The first kappa shape index (κ1) is 27.3. The maximum atomic E-state index is 13.6. The number of methoxy groups -OCH3 is 2. The number of aromatic amines is 1. The molecule has 7 heteroatoms. The van der Waals surface area contributed by atoms with Crippen molar-refractivity contribution in [3.63, 3.8) is 0 Å². The zero-order chi connectivity index (χ0) is 25.8. The number of nitrogens with zero attached hydrogens (tertiary/aromatic N) is 2. The molecular formula is C29H39N3O4. The van der Waals surface area contributed by atoms with Crippen molar-refractivity contribution < 1.29 is 19.1 Å². The van der Waals surface area contributed by atoms with Gasteiger partial charge in [0, 0.05) is 56.9 Å². The smallest absolute Gasteiger partial charge is 0.242 e. The molecule has 1 heterocycles. The molecule has 0 aliphatic heterocycles. The van der Waals surface area contributed by atoms with E-state index < -0.39 is 0 Å². The number of rotatable bonds is 15. The van der Waals surface area contributed by atoms with Crippen LogP contribution in [-0.2, 0) is 27.3 Å². The van der Waals surface area contributed by atoms with Crippen LogP contribution < -0.4 is 4.74 Å². The normalized spacial score (nSPS) is 11.0. The second-order valence-corrected chi connectivity index (χ2v) is 9.04. The van der Waals surface area contributed by atoms with Gasteiger partial charge in [-0.25, -0.2) is 0 Å². The van der Waals surface area contributed by atoms with Crippen molar-refractivity contribution in [3.8, 4) is 5.75 Å². The number of hydrogen-bond acceptors (Lipinski definition) is 4. The van der Waals surface area contributed by atoms with Crippen LogP contribution in [0, 0.1) is 0 Å². The van der Waals surface area contributed by atoms with Gasteiger partial charge in [0.25, 0.3) is 0 Å². The lowest BCUT2D eigenvalue weighted by molar-refractivity contribution is -0.141. The number of carbonyl (C=O) groups excluding carboxylic acids is 2. The fraction of sp³-hybridized carbons (Fsp3) is 0.448. The highest BCUT2D eigenvalue weighted by Crippen LogP contribution is 2.19. The van der Waals surface area contributed by atoms with Gasteiger partial charge in [0.1, 0.15) is 5.75 Å². The van der Waals surface area contributed by atoms with Crippen molar-refractivity contribution in [2.24, 2.45) is 0 Å². The highest BCUT2D eigenvalue weighted by molar-refractivity contribution is 5.85. The highest BCUT2D eigenvalue weighted by Gasteiger charge is 2.21. The fourth-order valence-corrected chi connectivity index (χ4v) is 4.28.